The van der Waals surface area contributed by atoms with E-state index in [1.807, 2.05) is 17.8 Å². The molecule has 0 unspecified atom stereocenters. The van der Waals surface area contributed by atoms with Gasteiger partial charge in [0.1, 0.15) is 6.61 Å². The molecule has 1 N–H and O–H groups in total. The predicted molar refractivity (Wildman–Crippen MR) is 75.0 cm³/mol. The van der Waals surface area contributed by atoms with Crippen molar-refractivity contribution < 1.29 is 14.6 Å². The van der Waals surface area contributed by atoms with Crippen molar-refractivity contribution in [1.29, 1.82) is 0 Å². The van der Waals surface area contributed by atoms with Crippen molar-refractivity contribution in [2.24, 2.45) is 0 Å². The van der Waals surface area contributed by atoms with Gasteiger partial charge in [0.25, 0.3) is 0 Å². The second-order valence-electron chi connectivity index (χ2n) is 4.67. The Morgan fingerprint density at radius 1 is 1.45 bits per heavy atom. The molecule has 5 heteroatoms. The van der Waals surface area contributed by atoms with Crippen molar-refractivity contribution in [1.82, 2.24) is 9.78 Å². The van der Waals surface area contributed by atoms with Crippen molar-refractivity contribution in [3.05, 3.63) is 47.3 Å². The fourth-order valence-corrected chi connectivity index (χ4v) is 1.92. The van der Waals surface area contributed by atoms with Crippen molar-refractivity contribution in [2.45, 2.75) is 33.4 Å². The molecule has 1 aromatic heterocycles. The molecule has 0 saturated heterocycles. The van der Waals surface area contributed by atoms with Crippen LogP contribution in [0.3, 0.4) is 0 Å². The summed E-state index contributed by atoms with van der Waals surface area (Å²) in [5, 5.41) is 13.1. The summed E-state index contributed by atoms with van der Waals surface area (Å²) < 4.78 is 7.51. The third kappa shape index (κ3) is 3.38. The van der Waals surface area contributed by atoms with E-state index in [1.165, 1.54) is 0 Å². The van der Waals surface area contributed by atoms with E-state index in [9.17, 15) is 4.79 Å². The smallest absolute Gasteiger partial charge is 0.335 e. The minimum absolute atomic E-state index is 0.294. The van der Waals surface area contributed by atoms with Gasteiger partial charge in [-0.25, -0.2) is 4.79 Å². The van der Waals surface area contributed by atoms with Crippen LogP contribution >= 0.6 is 0 Å². The number of carboxylic acid groups (broad SMARTS) is 1. The summed E-state index contributed by atoms with van der Waals surface area (Å²) in [6.07, 6.45) is 4.58. The highest BCUT2D eigenvalue weighted by atomic mass is 16.5. The number of rotatable bonds is 6. The highest BCUT2D eigenvalue weighted by molar-refractivity contribution is 5.87. The summed E-state index contributed by atoms with van der Waals surface area (Å²) in [4.78, 5) is 10.9. The van der Waals surface area contributed by atoms with Gasteiger partial charge in [0.15, 0.2) is 5.75 Å². The van der Waals surface area contributed by atoms with Crippen molar-refractivity contribution in [3.63, 3.8) is 0 Å². The van der Waals surface area contributed by atoms with Gasteiger partial charge in [-0.1, -0.05) is 13.0 Å². The van der Waals surface area contributed by atoms with Crippen LogP contribution in [0, 0.1) is 6.92 Å². The van der Waals surface area contributed by atoms with Gasteiger partial charge in [0.2, 0.25) is 0 Å². The van der Waals surface area contributed by atoms with Crippen LogP contribution in [-0.2, 0) is 13.2 Å². The van der Waals surface area contributed by atoms with Crippen LogP contribution in [0.15, 0.2) is 30.6 Å². The number of hydrogen-bond donors (Lipinski definition) is 1. The number of nitrogens with zero attached hydrogens (tertiary/aromatic N) is 2. The number of carboxylic acids is 1. The number of carbonyl (C=O) groups is 1. The van der Waals surface area contributed by atoms with Gasteiger partial charge in [-0.05, 0) is 36.6 Å². The van der Waals surface area contributed by atoms with Gasteiger partial charge >= 0.3 is 5.97 Å². The van der Waals surface area contributed by atoms with Crippen LogP contribution in [0.25, 0.3) is 0 Å². The third-order valence-corrected chi connectivity index (χ3v) is 3.05. The third-order valence-electron chi connectivity index (χ3n) is 3.05. The van der Waals surface area contributed by atoms with E-state index in [4.69, 9.17) is 9.84 Å². The van der Waals surface area contributed by atoms with E-state index in [0.717, 1.165) is 29.8 Å². The van der Waals surface area contributed by atoms with Gasteiger partial charge in [0.05, 0.1) is 18.0 Å². The monoisotopic (exact) mass is 274 g/mol. The Bertz CT molecular complexity index is 605. The first-order valence-electron chi connectivity index (χ1n) is 6.58. The molecule has 1 heterocycles. The topological polar surface area (TPSA) is 64.3 Å². The standard InChI is InChI=1S/C15H18N2O3/c1-3-6-17-9-14(8-16-17)20-10-13-5-4-12(15(18)19)7-11(13)2/h4-5,7-9H,3,6,10H2,1-2H3,(H,18,19). The first kappa shape index (κ1) is 14.1. The lowest BCUT2D eigenvalue weighted by Crippen LogP contribution is -2.01. The lowest BCUT2D eigenvalue weighted by molar-refractivity contribution is 0.0696. The van der Waals surface area contributed by atoms with Gasteiger partial charge < -0.3 is 9.84 Å². The molecule has 5 nitrogen and oxygen atoms in total. The Hall–Kier alpha value is -2.30. The number of aromatic nitrogens is 2. The molecule has 2 rings (SSSR count). The summed E-state index contributed by atoms with van der Waals surface area (Å²) >= 11 is 0. The molecule has 0 radical (unpaired) electrons. The minimum Gasteiger partial charge on any atom is -0.486 e. The highest BCUT2D eigenvalue weighted by Gasteiger charge is 2.07. The molecule has 0 spiro atoms. The summed E-state index contributed by atoms with van der Waals surface area (Å²) in [7, 11) is 0. The Morgan fingerprint density at radius 2 is 2.25 bits per heavy atom. The molecule has 1 aromatic carbocycles. The minimum atomic E-state index is -0.915. The van der Waals surface area contributed by atoms with Gasteiger partial charge in [-0.2, -0.15) is 5.10 Å². The molecule has 0 amide bonds. The number of hydrogen-bond acceptors (Lipinski definition) is 3. The fourth-order valence-electron chi connectivity index (χ4n) is 1.92. The average molecular weight is 274 g/mol. The first-order chi connectivity index (χ1) is 9.60. The number of aryl methyl sites for hydroxylation is 2. The fraction of sp³-hybridized carbons (Fsp3) is 0.333. The quantitative estimate of drug-likeness (QED) is 0.879. The Balaban J connectivity index is 2.01. The molecule has 0 aliphatic rings. The largest absolute Gasteiger partial charge is 0.486 e. The first-order valence-corrected chi connectivity index (χ1v) is 6.58. The second-order valence-corrected chi connectivity index (χ2v) is 4.67. The van der Waals surface area contributed by atoms with E-state index in [2.05, 4.69) is 12.0 Å². The van der Waals surface area contributed by atoms with Crippen molar-refractivity contribution in [3.8, 4) is 5.75 Å². The van der Waals surface area contributed by atoms with E-state index < -0.39 is 5.97 Å². The van der Waals surface area contributed by atoms with E-state index in [0.29, 0.717) is 12.2 Å². The SMILES string of the molecule is CCCn1cc(OCc2ccc(C(=O)O)cc2C)cn1. The molecule has 0 saturated carbocycles. The summed E-state index contributed by atoms with van der Waals surface area (Å²) in [5.74, 6) is -0.193. The molecule has 0 atom stereocenters. The van der Waals surface area contributed by atoms with Gasteiger partial charge in [0, 0.05) is 6.54 Å². The number of ether oxygens (including phenoxy) is 1. The highest BCUT2D eigenvalue weighted by Crippen LogP contribution is 2.15. The molecular weight excluding hydrogens is 256 g/mol. The second kappa shape index (κ2) is 6.23. The maximum Gasteiger partial charge on any atom is 0.335 e. The predicted octanol–water partition coefficient (Wildman–Crippen LogP) is 2.88. The van der Waals surface area contributed by atoms with Gasteiger partial charge in [-0.3, -0.25) is 4.68 Å². The lowest BCUT2D eigenvalue weighted by Gasteiger charge is -2.07. The Labute approximate surface area is 117 Å². The van der Waals surface area contributed by atoms with Crippen LogP contribution in [0.5, 0.6) is 5.75 Å². The van der Waals surface area contributed by atoms with Crippen LogP contribution < -0.4 is 4.74 Å². The number of aromatic carboxylic acids is 1. The zero-order chi connectivity index (χ0) is 14.5. The maximum atomic E-state index is 10.9. The van der Waals surface area contributed by atoms with E-state index >= 15 is 0 Å². The van der Waals surface area contributed by atoms with Gasteiger partial charge in [-0.15, -0.1) is 0 Å². The van der Waals surface area contributed by atoms with Crippen LogP contribution in [-0.4, -0.2) is 20.9 Å². The molecular formula is C15H18N2O3. The molecule has 106 valence electrons. The van der Waals surface area contributed by atoms with Crippen LogP contribution in [0.1, 0.15) is 34.8 Å². The molecule has 0 fully saturated rings. The number of benzene rings is 1. The molecule has 0 bridgehead atoms. The summed E-state index contributed by atoms with van der Waals surface area (Å²) in [6.45, 7) is 5.25. The van der Waals surface area contributed by atoms with Crippen LogP contribution in [0.2, 0.25) is 0 Å². The van der Waals surface area contributed by atoms with Crippen molar-refractivity contribution in [2.75, 3.05) is 0 Å². The molecule has 0 aliphatic heterocycles. The van der Waals surface area contributed by atoms with Crippen LogP contribution in [0.4, 0.5) is 0 Å². The molecule has 0 aliphatic carbocycles. The maximum absolute atomic E-state index is 10.9. The Kier molecular flexibility index (Phi) is 4.40. The van der Waals surface area contributed by atoms with E-state index in [1.54, 1.807) is 24.4 Å². The zero-order valence-corrected chi connectivity index (χ0v) is 11.7. The molecule has 2 aromatic rings. The Morgan fingerprint density at radius 3 is 2.90 bits per heavy atom. The lowest BCUT2D eigenvalue weighted by atomic mass is 10.1. The normalized spacial score (nSPS) is 10.5. The summed E-state index contributed by atoms with van der Waals surface area (Å²) in [5.41, 5.74) is 2.17. The molecule has 20 heavy (non-hydrogen) atoms. The zero-order valence-electron chi connectivity index (χ0n) is 11.7. The summed E-state index contributed by atoms with van der Waals surface area (Å²) in [6, 6.07) is 5.03. The van der Waals surface area contributed by atoms with Crippen molar-refractivity contribution >= 4 is 5.97 Å². The van der Waals surface area contributed by atoms with E-state index in [-0.39, 0.29) is 0 Å². The average Bonchev–Trinajstić information content (AvgIpc) is 2.85.